The minimum Gasteiger partial charge on any atom is -0.278 e. The molecule has 1 aliphatic rings. The Morgan fingerprint density at radius 1 is 1.25 bits per heavy atom. The maximum atomic E-state index is 11.5. The lowest BCUT2D eigenvalue weighted by Crippen LogP contribution is -2.28. The molecule has 1 aromatic carbocycles. The molecular weight excluding hydrogens is 270 g/mol. The molecule has 1 heterocycles. The number of rotatable bonds is 2. The topological polar surface area (TPSA) is 37.4 Å². The molecule has 4 heteroatoms. The third kappa shape index (κ3) is 2.16. The highest BCUT2D eigenvalue weighted by molar-refractivity contribution is 9.10. The van der Waals surface area contributed by atoms with E-state index in [2.05, 4.69) is 15.9 Å². The molecule has 16 heavy (non-hydrogen) atoms. The molecule has 0 saturated carbocycles. The summed E-state index contributed by atoms with van der Waals surface area (Å²) in [4.78, 5) is 24.3. The number of hydrogen-bond acceptors (Lipinski definition) is 2. The zero-order valence-corrected chi connectivity index (χ0v) is 10.6. The monoisotopic (exact) mass is 281 g/mol. The van der Waals surface area contributed by atoms with Crippen molar-refractivity contribution in [1.82, 2.24) is 4.90 Å². The summed E-state index contributed by atoms with van der Waals surface area (Å²) in [6.45, 7) is 2.38. The van der Waals surface area contributed by atoms with Crippen LogP contribution in [-0.4, -0.2) is 16.7 Å². The fourth-order valence-corrected chi connectivity index (χ4v) is 2.28. The molecule has 2 rings (SSSR count). The lowest BCUT2D eigenvalue weighted by atomic mass is 10.1. The molecule has 0 N–H and O–H groups in total. The molecule has 0 bridgehead atoms. The number of aryl methyl sites for hydroxylation is 1. The van der Waals surface area contributed by atoms with Crippen LogP contribution < -0.4 is 0 Å². The van der Waals surface area contributed by atoms with Crippen LogP contribution in [-0.2, 0) is 16.1 Å². The van der Waals surface area contributed by atoms with Gasteiger partial charge in [0, 0.05) is 17.3 Å². The van der Waals surface area contributed by atoms with E-state index >= 15 is 0 Å². The van der Waals surface area contributed by atoms with Crippen LogP contribution >= 0.6 is 15.9 Å². The summed E-state index contributed by atoms with van der Waals surface area (Å²) in [6.07, 6.45) is 0.711. The van der Waals surface area contributed by atoms with Gasteiger partial charge in [0.15, 0.2) is 0 Å². The van der Waals surface area contributed by atoms with Crippen molar-refractivity contribution in [3.63, 3.8) is 0 Å². The van der Waals surface area contributed by atoms with Crippen LogP contribution in [0.3, 0.4) is 0 Å². The summed E-state index contributed by atoms with van der Waals surface area (Å²) in [5, 5.41) is 0. The number of amides is 2. The molecule has 84 valence electrons. The average molecular weight is 282 g/mol. The Morgan fingerprint density at radius 3 is 2.44 bits per heavy atom. The first-order valence-corrected chi connectivity index (χ1v) is 5.95. The summed E-state index contributed by atoms with van der Waals surface area (Å²) in [5.74, 6) is -0.125. The Kier molecular flexibility index (Phi) is 3.10. The first-order chi connectivity index (χ1) is 7.58. The lowest BCUT2D eigenvalue weighted by Gasteiger charge is -2.15. The lowest BCUT2D eigenvalue weighted by molar-refractivity contribution is -0.139. The highest BCUT2D eigenvalue weighted by atomic mass is 79.9. The summed E-state index contributed by atoms with van der Waals surface area (Å²) < 4.78 is 1.01. The van der Waals surface area contributed by atoms with Crippen LogP contribution in [0, 0.1) is 6.92 Å². The van der Waals surface area contributed by atoms with E-state index in [0.717, 1.165) is 15.6 Å². The van der Waals surface area contributed by atoms with Crippen LogP contribution in [0.4, 0.5) is 0 Å². The summed E-state index contributed by atoms with van der Waals surface area (Å²) in [6, 6.07) is 5.85. The standard InChI is InChI=1S/C12H12BrNO2/c1-8-6-10(13)3-2-9(8)7-14-11(15)4-5-12(14)16/h2-3,6H,4-5,7H2,1H3. The number of benzene rings is 1. The van der Waals surface area contributed by atoms with Crippen LogP contribution in [0.5, 0.6) is 0 Å². The van der Waals surface area contributed by atoms with E-state index in [1.165, 1.54) is 4.90 Å². The second kappa shape index (κ2) is 4.37. The first-order valence-electron chi connectivity index (χ1n) is 5.16. The molecule has 0 aliphatic carbocycles. The molecule has 0 aromatic heterocycles. The maximum Gasteiger partial charge on any atom is 0.229 e. The van der Waals surface area contributed by atoms with Crippen molar-refractivity contribution in [1.29, 1.82) is 0 Å². The number of hydrogen-bond donors (Lipinski definition) is 0. The smallest absolute Gasteiger partial charge is 0.229 e. The van der Waals surface area contributed by atoms with Gasteiger partial charge < -0.3 is 0 Å². The van der Waals surface area contributed by atoms with E-state index in [1.807, 2.05) is 25.1 Å². The molecule has 1 aliphatic heterocycles. The average Bonchev–Trinajstić information content (AvgIpc) is 2.53. The van der Waals surface area contributed by atoms with Gasteiger partial charge in [0.05, 0.1) is 6.54 Å². The van der Waals surface area contributed by atoms with Gasteiger partial charge in [-0.2, -0.15) is 0 Å². The van der Waals surface area contributed by atoms with Crippen molar-refractivity contribution in [2.75, 3.05) is 0 Å². The Morgan fingerprint density at radius 2 is 1.88 bits per heavy atom. The number of imide groups is 1. The minimum atomic E-state index is -0.0627. The molecule has 2 amide bonds. The van der Waals surface area contributed by atoms with Crippen molar-refractivity contribution in [2.45, 2.75) is 26.3 Å². The highest BCUT2D eigenvalue weighted by Gasteiger charge is 2.28. The van der Waals surface area contributed by atoms with Gasteiger partial charge in [-0.15, -0.1) is 0 Å². The summed E-state index contributed by atoms with van der Waals surface area (Å²) in [7, 11) is 0. The van der Waals surface area contributed by atoms with E-state index in [0.29, 0.717) is 19.4 Å². The molecule has 0 atom stereocenters. The van der Waals surface area contributed by atoms with Crippen LogP contribution in [0.2, 0.25) is 0 Å². The van der Waals surface area contributed by atoms with E-state index in [4.69, 9.17) is 0 Å². The third-order valence-electron chi connectivity index (χ3n) is 2.79. The van der Waals surface area contributed by atoms with Gasteiger partial charge >= 0.3 is 0 Å². The van der Waals surface area contributed by atoms with Gasteiger partial charge in [-0.1, -0.05) is 22.0 Å². The Labute approximate surface area is 103 Å². The molecule has 1 saturated heterocycles. The van der Waals surface area contributed by atoms with Gasteiger partial charge in [0.25, 0.3) is 0 Å². The summed E-state index contributed by atoms with van der Waals surface area (Å²) >= 11 is 3.39. The Balaban J connectivity index is 2.20. The zero-order valence-electron chi connectivity index (χ0n) is 9.00. The predicted molar refractivity (Wildman–Crippen MR) is 63.7 cm³/mol. The van der Waals surface area contributed by atoms with Crippen LogP contribution in [0.1, 0.15) is 24.0 Å². The zero-order chi connectivity index (χ0) is 11.7. The van der Waals surface area contributed by atoms with Crippen molar-refractivity contribution < 1.29 is 9.59 Å². The highest BCUT2D eigenvalue weighted by Crippen LogP contribution is 2.20. The van der Waals surface area contributed by atoms with Crippen molar-refractivity contribution in [2.24, 2.45) is 0 Å². The SMILES string of the molecule is Cc1cc(Br)ccc1CN1C(=O)CCC1=O. The number of carbonyl (C=O) groups excluding carboxylic acids is 2. The van der Waals surface area contributed by atoms with Crippen molar-refractivity contribution in [3.8, 4) is 0 Å². The molecular formula is C12H12BrNO2. The third-order valence-corrected chi connectivity index (χ3v) is 3.28. The molecule has 0 unspecified atom stereocenters. The second-order valence-electron chi connectivity index (χ2n) is 3.94. The van der Waals surface area contributed by atoms with E-state index in [1.54, 1.807) is 0 Å². The fraction of sp³-hybridized carbons (Fsp3) is 0.333. The van der Waals surface area contributed by atoms with Gasteiger partial charge in [-0.25, -0.2) is 0 Å². The number of halogens is 1. The predicted octanol–water partition coefficient (Wildman–Crippen LogP) is 2.41. The largest absolute Gasteiger partial charge is 0.278 e. The van der Waals surface area contributed by atoms with E-state index < -0.39 is 0 Å². The fourth-order valence-electron chi connectivity index (χ4n) is 1.81. The normalized spacial score (nSPS) is 16.0. The second-order valence-corrected chi connectivity index (χ2v) is 4.86. The van der Waals surface area contributed by atoms with Crippen LogP contribution in [0.15, 0.2) is 22.7 Å². The van der Waals surface area contributed by atoms with Gasteiger partial charge in [-0.3, -0.25) is 14.5 Å². The Hall–Kier alpha value is -1.16. The molecule has 0 spiro atoms. The number of likely N-dealkylation sites (tertiary alicyclic amines) is 1. The summed E-state index contributed by atoms with van der Waals surface area (Å²) in [5.41, 5.74) is 2.11. The van der Waals surface area contributed by atoms with Gasteiger partial charge in [0.2, 0.25) is 11.8 Å². The molecule has 1 fully saturated rings. The van der Waals surface area contributed by atoms with Crippen molar-refractivity contribution in [3.05, 3.63) is 33.8 Å². The van der Waals surface area contributed by atoms with Gasteiger partial charge in [-0.05, 0) is 30.2 Å². The van der Waals surface area contributed by atoms with Crippen molar-refractivity contribution >= 4 is 27.7 Å². The quantitative estimate of drug-likeness (QED) is 0.781. The number of carbonyl (C=O) groups is 2. The van der Waals surface area contributed by atoms with E-state index in [-0.39, 0.29) is 11.8 Å². The minimum absolute atomic E-state index is 0.0627. The van der Waals surface area contributed by atoms with E-state index in [9.17, 15) is 9.59 Å². The number of nitrogens with zero attached hydrogens (tertiary/aromatic N) is 1. The van der Waals surface area contributed by atoms with Crippen LogP contribution in [0.25, 0.3) is 0 Å². The Bertz CT molecular complexity index is 440. The molecule has 1 aromatic rings. The van der Waals surface area contributed by atoms with Gasteiger partial charge in [0.1, 0.15) is 0 Å². The maximum absolute atomic E-state index is 11.5. The molecule has 0 radical (unpaired) electrons. The first kappa shape index (κ1) is 11.3. The molecule has 3 nitrogen and oxygen atoms in total.